The summed E-state index contributed by atoms with van der Waals surface area (Å²) in [5.74, 6) is 0.614. The standard InChI is InChI=1S/C16H19FN2O/c1-3-4-13-7-12(10-18)8-16(19-13)20-14-6-5-11(2)15(17)9-14/h5-9H,3-4,10,18H2,1-2H3. The van der Waals surface area contributed by atoms with E-state index in [9.17, 15) is 4.39 Å². The molecular weight excluding hydrogens is 255 g/mol. The minimum atomic E-state index is -0.286. The van der Waals surface area contributed by atoms with Crippen molar-refractivity contribution < 1.29 is 9.13 Å². The average Bonchev–Trinajstić information content (AvgIpc) is 2.43. The molecule has 0 fully saturated rings. The highest BCUT2D eigenvalue weighted by molar-refractivity contribution is 5.33. The first-order chi connectivity index (χ1) is 9.62. The number of hydrogen-bond acceptors (Lipinski definition) is 3. The molecular formula is C16H19FN2O. The fraction of sp³-hybridized carbons (Fsp3) is 0.312. The van der Waals surface area contributed by atoms with Crippen LogP contribution in [0.15, 0.2) is 30.3 Å². The van der Waals surface area contributed by atoms with Crippen LogP contribution in [-0.2, 0) is 13.0 Å². The SMILES string of the molecule is CCCc1cc(CN)cc(Oc2ccc(C)c(F)c2)n1. The molecule has 1 heterocycles. The lowest BCUT2D eigenvalue weighted by Crippen LogP contribution is -2.01. The third-order valence-corrected chi connectivity index (χ3v) is 3.02. The van der Waals surface area contributed by atoms with Gasteiger partial charge in [0, 0.05) is 24.4 Å². The molecule has 106 valence electrons. The molecule has 0 spiro atoms. The maximum Gasteiger partial charge on any atom is 0.219 e. The molecule has 4 heteroatoms. The van der Waals surface area contributed by atoms with E-state index in [-0.39, 0.29) is 5.82 Å². The predicted molar refractivity (Wildman–Crippen MR) is 77.3 cm³/mol. The van der Waals surface area contributed by atoms with Gasteiger partial charge in [0.05, 0.1) is 0 Å². The summed E-state index contributed by atoms with van der Waals surface area (Å²) in [7, 11) is 0. The zero-order valence-corrected chi connectivity index (χ0v) is 11.8. The Kier molecular flexibility index (Phi) is 4.69. The van der Waals surface area contributed by atoms with E-state index in [2.05, 4.69) is 11.9 Å². The number of nitrogens with two attached hydrogens (primary N) is 1. The van der Waals surface area contributed by atoms with E-state index in [0.29, 0.717) is 23.7 Å². The molecule has 3 nitrogen and oxygen atoms in total. The fourth-order valence-electron chi connectivity index (χ4n) is 1.93. The van der Waals surface area contributed by atoms with Crippen molar-refractivity contribution in [1.82, 2.24) is 4.98 Å². The first-order valence-electron chi connectivity index (χ1n) is 6.76. The maximum absolute atomic E-state index is 13.5. The Hall–Kier alpha value is -1.94. The van der Waals surface area contributed by atoms with E-state index in [0.717, 1.165) is 24.1 Å². The Bertz CT molecular complexity index is 599. The van der Waals surface area contributed by atoms with E-state index >= 15 is 0 Å². The molecule has 0 aliphatic heterocycles. The number of benzene rings is 1. The molecule has 0 aliphatic carbocycles. The molecule has 0 unspecified atom stereocenters. The van der Waals surface area contributed by atoms with Gasteiger partial charge in [-0.25, -0.2) is 9.37 Å². The smallest absolute Gasteiger partial charge is 0.219 e. The van der Waals surface area contributed by atoms with Crippen LogP contribution < -0.4 is 10.5 Å². The first-order valence-corrected chi connectivity index (χ1v) is 6.76. The third-order valence-electron chi connectivity index (χ3n) is 3.02. The Morgan fingerprint density at radius 3 is 2.70 bits per heavy atom. The molecule has 20 heavy (non-hydrogen) atoms. The van der Waals surface area contributed by atoms with E-state index in [1.165, 1.54) is 6.07 Å². The molecule has 0 saturated carbocycles. The molecule has 1 aromatic carbocycles. The monoisotopic (exact) mass is 274 g/mol. The van der Waals surface area contributed by atoms with Crippen molar-refractivity contribution >= 4 is 0 Å². The second-order valence-electron chi connectivity index (χ2n) is 4.77. The molecule has 0 aliphatic rings. The molecule has 2 aromatic rings. The normalized spacial score (nSPS) is 10.6. The van der Waals surface area contributed by atoms with Crippen molar-refractivity contribution in [3.8, 4) is 11.6 Å². The molecule has 0 atom stereocenters. The van der Waals surface area contributed by atoms with Crippen LogP contribution in [0.2, 0.25) is 0 Å². The van der Waals surface area contributed by atoms with Gasteiger partial charge < -0.3 is 10.5 Å². The lowest BCUT2D eigenvalue weighted by Gasteiger charge is -2.09. The summed E-state index contributed by atoms with van der Waals surface area (Å²) < 4.78 is 19.1. The number of halogens is 1. The summed E-state index contributed by atoms with van der Waals surface area (Å²) in [6.45, 7) is 4.23. The lowest BCUT2D eigenvalue weighted by atomic mass is 10.1. The van der Waals surface area contributed by atoms with Gasteiger partial charge in [-0.15, -0.1) is 0 Å². The van der Waals surface area contributed by atoms with Gasteiger partial charge in [-0.2, -0.15) is 0 Å². The van der Waals surface area contributed by atoms with E-state index in [1.54, 1.807) is 25.1 Å². The number of aryl methyl sites for hydroxylation is 2. The highest BCUT2D eigenvalue weighted by Gasteiger charge is 2.06. The molecule has 0 bridgehead atoms. The summed E-state index contributed by atoms with van der Waals surface area (Å²) in [5, 5.41) is 0. The second kappa shape index (κ2) is 6.48. The van der Waals surface area contributed by atoms with Crippen LogP contribution in [0.4, 0.5) is 4.39 Å². The van der Waals surface area contributed by atoms with E-state index in [4.69, 9.17) is 10.5 Å². The molecule has 2 rings (SSSR count). The van der Waals surface area contributed by atoms with Crippen molar-refractivity contribution in [1.29, 1.82) is 0 Å². The van der Waals surface area contributed by atoms with E-state index < -0.39 is 0 Å². The van der Waals surface area contributed by atoms with Gasteiger partial charge in [0.1, 0.15) is 11.6 Å². The van der Waals surface area contributed by atoms with Gasteiger partial charge in [0.25, 0.3) is 0 Å². The topological polar surface area (TPSA) is 48.1 Å². The second-order valence-corrected chi connectivity index (χ2v) is 4.77. The van der Waals surface area contributed by atoms with Crippen LogP contribution in [0.1, 0.15) is 30.2 Å². The Balaban J connectivity index is 2.27. The van der Waals surface area contributed by atoms with Gasteiger partial charge in [0.15, 0.2) is 0 Å². The van der Waals surface area contributed by atoms with Gasteiger partial charge in [-0.3, -0.25) is 0 Å². The maximum atomic E-state index is 13.5. The van der Waals surface area contributed by atoms with Crippen molar-refractivity contribution in [3.05, 3.63) is 53.0 Å². The summed E-state index contributed by atoms with van der Waals surface area (Å²) in [5.41, 5.74) is 8.17. The number of pyridine rings is 1. The molecule has 0 amide bonds. The average molecular weight is 274 g/mol. The summed E-state index contributed by atoms with van der Waals surface area (Å²) >= 11 is 0. The summed E-state index contributed by atoms with van der Waals surface area (Å²) in [4.78, 5) is 4.42. The molecule has 2 N–H and O–H groups in total. The largest absolute Gasteiger partial charge is 0.439 e. The predicted octanol–water partition coefficient (Wildman–Crippen LogP) is 3.73. The minimum absolute atomic E-state index is 0.286. The zero-order chi connectivity index (χ0) is 14.5. The van der Waals surface area contributed by atoms with Gasteiger partial charge in [-0.05, 0) is 36.6 Å². The number of rotatable bonds is 5. The Labute approximate surface area is 118 Å². The minimum Gasteiger partial charge on any atom is -0.439 e. The molecule has 0 radical (unpaired) electrons. The number of hydrogen-bond donors (Lipinski definition) is 1. The quantitative estimate of drug-likeness (QED) is 0.903. The summed E-state index contributed by atoms with van der Waals surface area (Å²) in [6.07, 6.45) is 1.87. The van der Waals surface area contributed by atoms with Gasteiger partial charge >= 0.3 is 0 Å². The van der Waals surface area contributed by atoms with Gasteiger partial charge in [0.2, 0.25) is 5.88 Å². The first kappa shape index (κ1) is 14.5. The molecule has 1 aromatic heterocycles. The number of ether oxygens (including phenoxy) is 1. The van der Waals surface area contributed by atoms with Crippen LogP contribution in [-0.4, -0.2) is 4.98 Å². The zero-order valence-electron chi connectivity index (χ0n) is 11.8. The van der Waals surface area contributed by atoms with Crippen molar-refractivity contribution in [2.75, 3.05) is 0 Å². The van der Waals surface area contributed by atoms with Crippen molar-refractivity contribution in [2.24, 2.45) is 5.73 Å². The van der Waals surface area contributed by atoms with Crippen molar-refractivity contribution in [3.63, 3.8) is 0 Å². The summed E-state index contributed by atoms with van der Waals surface area (Å²) in [6, 6.07) is 8.55. The van der Waals surface area contributed by atoms with Crippen LogP contribution in [0, 0.1) is 12.7 Å². The van der Waals surface area contributed by atoms with Crippen LogP contribution in [0.3, 0.4) is 0 Å². The molecule has 0 saturated heterocycles. The van der Waals surface area contributed by atoms with Gasteiger partial charge in [-0.1, -0.05) is 19.4 Å². The number of aromatic nitrogens is 1. The highest BCUT2D eigenvalue weighted by atomic mass is 19.1. The highest BCUT2D eigenvalue weighted by Crippen LogP contribution is 2.23. The lowest BCUT2D eigenvalue weighted by molar-refractivity contribution is 0.454. The van der Waals surface area contributed by atoms with Crippen LogP contribution in [0.25, 0.3) is 0 Å². The van der Waals surface area contributed by atoms with Crippen LogP contribution >= 0.6 is 0 Å². The van der Waals surface area contributed by atoms with Crippen LogP contribution in [0.5, 0.6) is 11.6 Å². The Morgan fingerprint density at radius 2 is 2.05 bits per heavy atom. The Morgan fingerprint density at radius 1 is 1.25 bits per heavy atom. The van der Waals surface area contributed by atoms with E-state index in [1.807, 2.05) is 6.07 Å². The number of nitrogens with zero attached hydrogens (tertiary/aromatic N) is 1. The van der Waals surface area contributed by atoms with Crippen molar-refractivity contribution in [2.45, 2.75) is 33.2 Å². The third kappa shape index (κ3) is 3.54. The fourth-order valence-corrected chi connectivity index (χ4v) is 1.93.